The molecule has 0 bridgehead atoms. The summed E-state index contributed by atoms with van der Waals surface area (Å²) in [5.41, 5.74) is 0.930. The lowest BCUT2D eigenvalue weighted by molar-refractivity contribution is 0.228. The van der Waals surface area contributed by atoms with Gasteiger partial charge in [-0.25, -0.2) is 9.50 Å². The highest BCUT2D eigenvalue weighted by Gasteiger charge is 2.17. The van der Waals surface area contributed by atoms with Crippen LogP contribution in [-0.2, 0) is 0 Å². The zero-order valence-electron chi connectivity index (χ0n) is 10.7. The Kier molecular flexibility index (Phi) is 3.25. The predicted molar refractivity (Wildman–Crippen MR) is 70.7 cm³/mol. The summed E-state index contributed by atoms with van der Waals surface area (Å²) in [5, 5.41) is 7.91. The SMILES string of the molecule is CC(CN1CCNCC1)c1nc2ccccn2n1. The van der Waals surface area contributed by atoms with Crippen LogP contribution < -0.4 is 5.32 Å². The average Bonchev–Trinajstić information content (AvgIpc) is 2.84. The first kappa shape index (κ1) is 11.6. The molecule has 2 aromatic rings. The van der Waals surface area contributed by atoms with E-state index >= 15 is 0 Å². The summed E-state index contributed by atoms with van der Waals surface area (Å²) in [5.74, 6) is 1.32. The Bertz CT molecular complexity index is 482. The molecule has 0 saturated carbocycles. The van der Waals surface area contributed by atoms with Crippen LogP contribution in [-0.4, -0.2) is 52.2 Å². The number of hydrogen-bond donors (Lipinski definition) is 1. The minimum absolute atomic E-state index is 0.378. The van der Waals surface area contributed by atoms with Gasteiger partial charge < -0.3 is 10.2 Å². The fourth-order valence-corrected chi connectivity index (χ4v) is 2.42. The number of nitrogens with zero attached hydrogens (tertiary/aromatic N) is 4. The molecular weight excluding hydrogens is 226 g/mol. The first-order valence-corrected chi connectivity index (χ1v) is 6.57. The van der Waals surface area contributed by atoms with E-state index < -0.39 is 0 Å². The summed E-state index contributed by atoms with van der Waals surface area (Å²) in [4.78, 5) is 7.07. The molecule has 3 heterocycles. The van der Waals surface area contributed by atoms with Gasteiger partial charge >= 0.3 is 0 Å². The van der Waals surface area contributed by atoms with E-state index in [9.17, 15) is 0 Å². The molecule has 1 fully saturated rings. The van der Waals surface area contributed by atoms with Gasteiger partial charge in [0.15, 0.2) is 11.5 Å². The summed E-state index contributed by atoms with van der Waals surface area (Å²) < 4.78 is 1.85. The lowest BCUT2D eigenvalue weighted by Gasteiger charge is -2.28. The average molecular weight is 245 g/mol. The third-order valence-corrected chi connectivity index (χ3v) is 3.44. The second kappa shape index (κ2) is 5.04. The summed E-state index contributed by atoms with van der Waals surface area (Å²) in [7, 11) is 0. The Morgan fingerprint density at radius 3 is 2.94 bits per heavy atom. The predicted octanol–water partition coefficient (Wildman–Crippen LogP) is 0.738. The molecule has 0 amide bonds. The fraction of sp³-hybridized carbons (Fsp3) is 0.538. The Morgan fingerprint density at radius 2 is 2.17 bits per heavy atom. The largest absolute Gasteiger partial charge is 0.314 e. The van der Waals surface area contributed by atoms with Crippen molar-refractivity contribution < 1.29 is 0 Å². The molecule has 0 radical (unpaired) electrons. The van der Waals surface area contributed by atoms with Gasteiger partial charge in [-0.05, 0) is 12.1 Å². The van der Waals surface area contributed by atoms with Crippen LogP contribution in [0.25, 0.3) is 5.65 Å². The van der Waals surface area contributed by atoms with Gasteiger partial charge in [-0.3, -0.25) is 0 Å². The van der Waals surface area contributed by atoms with Crippen LogP contribution in [0.15, 0.2) is 24.4 Å². The molecule has 1 saturated heterocycles. The second-order valence-electron chi connectivity index (χ2n) is 4.93. The number of rotatable bonds is 3. The number of aromatic nitrogens is 3. The van der Waals surface area contributed by atoms with Crippen molar-refractivity contribution in [3.8, 4) is 0 Å². The van der Waals surface area contributed by atoms with Crippen molar-refractivity contribution in [2.24, 2.45) is 0 Å². The van der Waals surface area contributed by atoms with Crippen molar-refractivity contribution >= 4 is 5.65 Å². The van der Waals surface area contributed by atoms with Crippen LogP contribution >= 0.6 is 0 Å². The van der Waals surface area contributed by atoms with Crippen LogP contribution in [0.3, 0.4) is 0 Å². The van der Waals surface area contributed by atoms with Gasteiger partial charge in [0.25, 0.3) is 0 Å². The third kappa shape index (κ3) is 2.37. The number of piperazine rings is 1. The van der Waals surface area contributed by atoms with Crippen LogP contribution in [0.1, 0.15) is 18.7 Å². The normalized spacial score (nSPS) is 19.2. The van der Waals surface area contributed by atoms with E-state index in [1.165, 1.54) is 0 Å². The highest BCUT2D eigenvalue weighted by atomic mass is 15.3. The molecule has 5 heteroatoms. The van der Waals surface area contributed by atoms with E-state index in [0.29, 0.717) is 5.92 Å². The first-order valence-electron chi connectivity index (χ1n) is 6.57. The minimum atomic E-state index is 0.378. The zero-order valence-corrected chi connectivity index (χ0v) is 10.7. The van der Waals surface area contributed by atoms with Crippen molar-refractivity contribution in [1.29, 1.82) is 0 Å². The maximum Gasteiger partial charge on any atom is 0.155 e. The van der Waals surface area contributed by atoms with Crippen molar-refractivity contribution in [2.45, 2.75) is 12.8 Å². The minimum Gasteiger partial charge on any atom is -0.314 e. The van der Waals surface area contributed by atoms with E-state index in [0.717, 1.165) is 44.2 Å². The van der Waals surface area contributed by atoms with Crippen LogP contribution in [0, 0.1) is 0 Å². The van der Waals surface area contributed by atoms with Crippen molar-refractivity contribution in [2.75, 3.05) is 32.7 Å². The Labute approximate surface area is 107 Å². The molecule has 0 aliphatic carbocycles. The molecule has 1 unspecified atom stereocenters. The van der Waals surface area contributed by atoms with Crippen LogP contribution in [0.2, 0.25) is 0 Å². The molecule has 18 heavy (non-hydrogen) atoms. The molecule has 0 aromatic carbocycles. The molecule has 5 nitrogen and oxygen atoms in total. The molecule has 2 aromatic heterocycles. The highest BCUT2D eigenvalue weighted by molar-refractivity contribution is 5.36. The van der Waals surface area contributed by atoms with E-state index in [1.54, 1.807) is 0 Å². The maximum absolute atomic E-state index is 4.59. The maximum atomic E-state index is 4.59. The molecule has 96 valence electrons. The summed E-state index contributed by atoms with van der Waals surface area (Å²) in [6.45, 7) is 7.67. The molecule has 1 aliphatic heterocycles. The first-order chi connectivity index (χ1) is 8.83. The van der Waals surface area contributed by atoms with Crippen molar-refractivity contribution in [3.05, 3.63) is 30.2 Å². The highest BCUT2D eigenvalue weighted by Crippen LogP contribution is 2.14. The molecule has 1 aliphatic rings. The van der Waals surface area contributed by atoms with Gasteiger partial charge in [0.05, 0.1) is 0 Å². The van der Waals surface area contributed by atoms with E-state index in [4.69, 9.17) is 0 Å². The van der Waals surface area contributed by atoms with Gasteiger partial charge in [-0.15, -0.1) is 0 Å². The van der Waals surface area contributed by atoms with Crippen LogP contribution in [0.5, 0.6) is 0 Å². The van der Waals surface area contributed by atoms with Gasteiger partial charge in [-0.2, -0.15) is 5.10 Å². The quantitative estimate of drug-likeness (QED) is 0.866. The lowest BCUT2D eigenvalue weighted by Crippen LogP contribution is -2.44. The standard InChI is InChI=1S/C13H19N5/c1-11(10-17-8-5-14-6-9-17)13-15-12-4-2-3-7-18(12)16-13/h2-4,7,11,14H,5-6,8-10H2,1H3. The van der Waals surface area contributed by atoms with E-state index in [-0.39, 0.29) is 0 Å². The number of pyridine rings is 1. The summed E-state index contributed by atoms with van der Waals surface area (Å²) in [6.07, 6.45) is 1.95. The molecule has 1 N–H and O–H groups in total. The zero-order chi connectivity index (χ0) is 12.4. The van der Waals surface area contributed by atoms with E-state index in [2.05, 4.69) is 27.2 Å². The Balaban J connectivity index is 1.72. The Morgan fingerprint density at radius 1 is 1.33 bits per heavy atom. The Hall–Kier alpha value is -1.46. The molecule has 0 spiro atoms. The topological polar surface area (TPSA) is 45.5 Å². The number of hydrogen-bond acceptors (Lipinski definition) is 4. The van der Waals surface area contributed by atoms with Crippen molar-refractivity contribution in [1.82, 2.24) is 24.8 Å². The summed E-state index contributed by atoms with van der Waals surface area (Å²) in [6, 6.07) is 5.97. The monoisotopic (exact) mass is 245 g/mol. The fourth-order valence-electron chi connectivity index (χ4n) is 2.42. The lowest BCUT2D eigenvalue weighted by atomic mass is 10.1. The number of nitrogens with one attached hydrogen (secondary N) is 1. The van der Waals surface area contributed by atoms with Gasteiger partial charge in [0.1, 0.15) is 0 Å². The van der Waals surface area contributed by atoms with Gasteiger partial charge in [0.2, 0.25) is 0 Å². The third-order valence-electron chi connectivity index (χ3n) is 3.44. The van der Waals surface area contributed by atoms with Gasteiger partial charge in [-0.1, -0.05) is 13.0 Å². The molecular formula is C13H19N5. The molecule has 3 rings (SSSR count). The second-order valence-corrected chi connectivity index (χ2v) is 4.93. The van der Waals surface area contributed by atoms with Crippen molar-refractivity contribution in [3.63, 3.8) is 0 Å². The molecule has 1 atom stereocenters. The van der Waals surface area contributed by atoms with E-state index in [1.807, 2.05) is 28.9 Å². The summed E-state index contributed by atoms with van der Waals surface area (Å²) >= 11 is 0. The number of fused-ring (bicyclic) bond motifs is 1. The smallest absolute Gasteiger partial charge is 0.155 e. The van der Waals surface area contributed by atoms with Crippen LogP contribution in [0.4, 0.5) is 0 Å². The van der Waals surface area contributed by atoms with Gasteiger partial charge in [0, 0.05) is 44.8 Å².